The van der Waals surface area contributed by atoms with Crippen LogP contribution in [0.15, 0.2) is 44.9 Å². The van der Waals surface area contributed by atoms with Crippen LogP contribution < -0.4 is 5.63 Å². The van der Waals surface area contributed by atoms with Crippen molar-refractivity contribution in [3.63, 3.8) is 0 Å². The van der Waals surface area contributed by atoms with Gasteiger partial charge in [0.15, 0.2) is 0 Å². The minimum absolute atomic E-state index is 0.300. The van der Waals surface area contributed by atoms with E-state index < -0.39 is 0 Å². The highest BCUT2D eigenvalue weighted by Gasteiger charge is 2.19. The summed E-state index contributed by atoms with van der Waals surface area (Å²) in [6.07, 6.45) is 0. The molecule has 1 fully saturated rings. The van der Waals surface area contributed by atoms with E-state index in [-0.39, 0.29) is 5.63 Å². The number of rotatable bonds is 4. The molecular formula is C20H21ClN2O2S. The molecule has 0 aliphatic carbocycles. The molecule has 0 amide bonds. The monoisotopic (exact) mass is 388 g/mol. The lowest BCUT2D eigenvalue weighted by Crippen LogP contribution is -2.45. The molecule has 1 saturated heterocycles. The third-order valence-corrected chi connectivity index (χ3v) is 6.20. The number of fused-ring (bicyclic) bond motifs is 1. The first-order valence-electron chi connectivity index (χ1n) is 8.78. The van der Waals surface area contributed by atoms with Gasteiger partial charge < -0.3 is 4.42 Å². The highest BCUT2D eigenvalue weighted by molar-refractivity contribution is 7.09. The number of nitrogens with zero attached hydrogens (tertiary/aromatic N) is 2. The molecular weight excluding hydrogens is 368 g/mol. The van der Waals surface area contributed by atoms with Gasteiger partial charge in [-0.1, -0.05) is 17.7 Å². The second kappa shape index (κ2) is 7.53. The number of piperazine rings is 1. The number of hydrogen-bond acceptors (Lipinski definition) is 5. The third-order valence-electron chi connectivity index (χ3n) is 4.93. The second-order valence-electron chi connectivity index (χ2n) is 6.82. The molecule has 1 aromatic carbocycles. The second-order valence-corrected chi connectivity index (χ2v) is 8.26. The Bertz CT molecular complexity index is 960. The Balaban J connectivity index is 1.48. The minimum Gasteiger partial charge on any atom is -0.423 e. The quantitative estimate of drug-likeness (QED) is 0.629. The highest BCUT2D eigenvalue weighted by Crippen LogP contribution is 2.26. The van der Waals surface area contributed by atoms with Gasteiger partial charge in [-0.3, -0.25) is 9.80 Å². The molecule has 1 aliphatic rings. The molecule has 0 bridgehead atoms. The molecule has 0 radical (unpaired) electrons. The van der Waals surface area contributed by atoms with Crippen molar-refractivity contribution < 1.29 is 4.42 Å². The Kier molecular flexibility index (Phi) is 5.14. The predicted octanol–water partition coefficient (Wildman–Crippen LogP) is 4.13. The van der Waals surface area contributed by atoms with Crippen molar-refractivity contribution in [2.75, 3.05) is 26.2 Å². The van der Waals surface area contributed by atoms with E-state index in [9.17, 15) is 4.79 Å². The van der Waals surface area contributed by atoms with E-state index in [0.717, 1.165) is 55.8 Å². The normalized spacial score (nSPS) is 16.4. The molecule has 4 rings (SSSR count). The van der Waals surface area contributed by atoms with Crippen molar-refractivity contribution in [3.05, 3.63) is 67.2 Å². The first-order chi connectivity index (χ1) is 12.6. The average Bonchev–Trinajstić information content (AvgIpc) is 3.11. The molecule has 0 unspecified atom stereocenters. The fourth-order valence-electron chi connectivity index (χ4n) is 3.45. The van der Waals surface area contributed by atoms with Crippen molar-refractivity contribution in [1.82, 2.24) is 9.80 Å². The fourth-order valence-corrected chi connectivity index (χ4v) is 4.36. The summed E-state index contributed by atoms with van der Waals surface area (Å²) in [7, 11) is 0. The molecule has 4 nitrogen and oxygen atoms in total. The van der Waals surface area contributed by atoms with Gasteiger partial charge in [-0.05, 0) is 41.6 Å². The molecule has 3 aromatic rings. The van der Waals surface area contributed by atoms with Gasteiger partial charge in [0.25, 0.3) is 0 Å². The van der Waals surface area contributed by atoms with Crippen molar-refractivity contribution in [2.24, 2.45) is 0 Å². The maximum absolute atomic E-state index is 11.9. The van der Waals surface area contributed by atoms with Crippen LogP contribution >= 0.6 is 22.9 Å². The standard InChI is InChI=1S/C20H21ClN2O2S/c1-14-9-19-17(11-18(14)21)15(10-20(24)25-19)12-22-4-6-23(7-5-22)13-16-3-2-8-26-16/h2-3,8-11H,4-7,12-13H2,1H3. The van der Waals surface area contributed by atoms with Gasteiger partial charge in [0, 0.05) is 60.6 Å². The van der Waals surface area contributed by atoms with Crippen LogP contribution in [0.1, 0.15) is 16.0 Å². The first kappa shape index (κ1) is 17.7. The van der Waals surface area contributed by atoms with Gasteiger partial charge in [-0.25, -0.2) is 4.79 Å². The number of aryl methyl sites for hydroxylation is 1. The van der Waals surface area contributed by atoms with E-state index in [1.165, 1.54) is 4.88 Å². The fraction of sp³-hybridized carbons (Fsp3) is 0.350. The minimum atomic E-state index is -0.300. The van der Waals surface area contributed by atoms with E-state index in [2.05, 4.69) is 27.3 Å². The van der Waals surface area contributed by atoms with Crippen molar-refractivity contribution >= 4 is 33.9 Å². The van der Waals surface area contributed by atoms with Gasteiger partial charge in [0.2, 0.25) is 0 Å². The van der Waals surface area contributed by atoms with Gasteiger partial charge in [-0.15, -0.1) is 11.3 Å². The van der Waals surface area contributed by atoms with Crippen molar-refractivity contribution in [2.45, 2.75) is 20.0 Å². The summed E-state index contributed by atoms with van der Waals surface area (Å²) in [6.45, 7) is 7.75. The largest absolute Gasteiger partial charge is 0.423 e. The summed E-state index contributed by atoms with van der Waals surface area (Å²) in [4.78, 5) is 18.2. The summed E-state index contributed by atoms with van der Waals surface area (Å²) < 4.78 is 5.36. The zero-order chi connectivity index (χ0) is 18.1. The molecule has 1 aliphatic heterocycles. The maximum Gasteiger partial charge on any atom is 0.336 e. The van der Waals surface area contributed by atoms with Crippen LogP contribution in [0.4, 0.5) is 0 Å². The molecule has 6 heteroatoms. The van der Waals surface area contributed by atoms with E-state index in [0.29, 0.717) is 10.6 Å². The lowest BCUT2D eigenvalue weighted by atomic mass is 10.1. The van der Waals surface area contributed by atoms with Crippen LogP contribution in [0.2, 0.25) is 5.02 Å². The molecule has 0 N–H and O–H groups in total. The number of hydrogen-bond donors (Lipinski definition) is 0. The molecule has 3 heterocycles. The number of benzene rings is 1. The van der Waals surface area contributed by atoms with Gasteiger partial charge >= 0.3 is 5.63 Å². The maximum atomic E-state index is 11.9. The number of thiophene rings is 1. The summed E-state index contributed by atoms with van der Waals surface area (Å²) in [5, 5.41) is 3.76. The smallest absolute Gasteiger partial charge is 0.336 e. The Morgan fingerprint density at radius 1 is 1.12 bits per heavy atom. The third kappa shape index (κ3) is 3.86. The Morgan fingerprint density at radius 2 is 1.85 bits per heavy atom. The molecule has 26 heavy (non-hydrogen) atoms. The molecule has 0 spiro atoms. The Hall–Kier alpha value is -1.66. The zero-order valence-corrected chi connectivity index (χ0v) is 16.3. The SMILES string of the molecule is Cc1cc2oc(=O)cc(CN3CCN(Cc4cccs4)CC3)c2cc1Cl. The zero-order valence-electron chi connectivity index (χ0n) is 14.7. The van der Waals surface area contributed by atoms with Crippen molar-refractivity contribution in [3.8, 4) is 0 Å². The Labute approximate surface area is 161 Å². The summed E-state index contributed by atoms with van der Waals surface area (Å²) in [6, 6.07) is 9.67. The van der Waals surface area contributed by atoms with E-state index in [1.54, 1.807) is 6.07 Å². The molecule has 136 valence electrons. The predicted molar refractivity (Wildman–Crippen MR) is 107 cm³/mol. The lowest BCUT2D eigenvalue weighted by molar-refractivity contribution is 0.123. The van der Waals surface area contributed by atoms with E-state index >= 15 is 0 Å². The van der Waals surface area contributed by atoms with E-state index in [4.69, 9.17) is 16.0 Å². The van der Waals surface area contributed by atoms with Gasteiger partial charge in [0.05, 0.1) is 0 Å². The van der Waals surface area contributed by atoms with Gasteiger partial charge in [-0.2, -0.15) is 0 Å². The molecule has 0 atom stereocenters. The van der Waals surface area contributed by atoms with Crippen molar-refractivity contribution in [1.29, 1.82) is 0 Å². The van der Waals surface area contributed by atoms with Crippen LogP contribution in [0, 0.1) is 6.92 Å². The number of halogens is 1. The topological polar surface area (TPSA) is 36.7 Å². The lowest BCUT2D eigenvalue weighted by Gasteiger charge is -2.34. The summed E-state index contributed by atoms with van der Waals surface area (Å²) >= 11 is 8.10. The highest BCUT2D eigenvalue weighted by atomic mass is 35.5. The average molecular weight is 389 g/mol. The van der Waals surface area contributed by atoms with Crippen LogP contribution in [0.5, 0.6) is 0 Å². The van der Waals surface area contributed by atoms with Gasteiger partial charge in [0.1, 0.15) is 5.58 Å². The Morgan fingerprint density at radius 3 is 2.54 bits per heavy atom. The summed E-state index contributed by atoms with van der Waals surface area (Å²) in [5.41, 5.74) is 2.22. The van der Waals surface area contributed by atoms with Crippen LogP contribution in [0.25, 0.3) is 11.0 Å². The van der Waals surface area contributed by atoms with E-state index in [1.807, 2.05) is 30.4 Å². The van der Waals surface area contributed by atoms with Crippen LogP contribution in [-0.4, -0.2) is 36.0 Å². The molecule has 0 saturated carbocycles. The first-order valence-corrected chi connectivity index (χ1v) is 10.0. The van der Waals surface area contributed by atoms with Crippen LogP contribution in [-0.2, 0) is 13.1 Å². The van der Waals surface area contributed by atoms with Crippen LogP contribution in [0.3, 0.4) is 0 Å². The molecule has 2 aromatic heterocycles. The summed E-state index contributed by atoms with van der Waals surface area (Å²) in [5.74, 6) is 0.